The predicted octanol–water partition coefficient (Wildman–Crippen LogP) is 3.83. The highest BCUT2D eigenvalue weighted by Gasteiger charge is 2.22. The van der Waals surface area contributed by atoms with Gasteiger partial charge >= 0.3 is 5.97 Å². The van der Waals surface area contributed by atoms with Crippen LogP contribution in [-0.2, 0) is 16.0 Å². The van der Waals surface area contributed by atoms with Gasteiger partial charge in [0.25, 0.3) is 0 Å². The zero-order chi connectivity index (χ0) is 17.1. The van der Waals surface area contributed by atoms with Crippen LogP contribution < -0.4 is 0 Å². The molecular weight excluding hydrogens is 302 g/mol. The SMILES string of the molecule is Cc1ccc(CC(=O)O[C@@H](C)C(=O)c2c[nH]c3ccccc23)cc1. The van der Waals surface area contributed by atoms with Gasteiger partial charge in [-0.3, -0.25) is 9.59 Å². The molecule has 3 aromatic rings. The van der Waals surface area contributed by atoms with Gasteiger partial charge in [-0.2, -0.15) is 0 Å². The molecule has 4 heteroatoms. The van der Waals surface area contributed by atoms with Crippen molar-refractivity contribution in [3.05, 3.63) is 71.4 Å². The second-order valence-electron chi connectivity index (χ2n) is 5.91. The normalized spacial score (nSPS) is 12.1. The lowest BCUT2D eigenvalue weighted by Crippen LogP contribution is -2.25. The van der Waals surface area contributed by atoms with E-state index in [1.54, 1.807) is 13.1 Å². The molecule has 4 nitrogen and oxygen atoms in total. The Morgan fingerprint density at radius 1 is 1.08 bits per heavy atom. The summed E-state index contributed by atoms with van der Waals surface area (Å²) in [6, 6.07) is 15.2. The highest BCUT2D eigenvalue weighted by Crippen LogP contribution is 2.20. The molecule has 2 aromatic carbocycles. The first kappa shape index (κ1) is 16.0. The number of para-hydroxylation sites is 1. The van der Waals surface area contributed by atoms with Crippen molar-refractivity contribution in [3.63, 3.8) is 0 Å². The number of aryl methyl sites for hydroxylation is 1. The Labute approximate surface area is 140 Å². The highest BCUT2D eigenvalue weighted by atomic mass is 16.5. The fourth-order valence-corrected chi connectivity index (χ4v) is 2.66. The van der Waals surface area contributed by atoms with Crippen molar-refractivity contribution in [1.82, 2.24) is 4.98 Å². The fraction of sp³-hybridized carbons (Fsp3) is 0.200. The Hall–Kier alpha value is -2.88. The van der Waals surface area contributed by atoms with E-state index in [9.17, 15) is 9.59 Å². The van der Waals surface area contributed by atoms with Crippen LogP contribution in [0.5, 0.6) is 0 Å². The molecule has 122 valence electrons. The summed E-state index contributed by atoms with van der Waals surface area (Å²) < 4.78 is 5.32. The van der Waals surface area contributed by atoms with Gasteiger partial charge in [-0.1, -0.05) is 48.0 Å². The minimum atomic E-state index is -0.817. The number of esters is 1. The van der Waals surface area contributed by atoms with E-state index in [0.717, 1.165) is 22.0 Å². The number of Topliss-reactive ketones (excluding diaryl/α,β-unsaturated/α-hetero) is 1. The molecule has 1 heterocycles. The van der Waals surface area contributed by atoms with Gasteiger partial charge in [0, 0.05) is 22.7 Å². The number of H-pyrrole nitrogens is 1. The molecule has 1 N–H and O–H groups in total. The van der Waals surface area contributed by atoms with Crippen LogP contribution in [0.25, 0.3) is 10.9 Å². The molecule has 0 amide bonds. The highest BCUT2D eigenvalue weighted by molar-refractivity contribution is 6.10. The summed E-state index contributed by atoms with van der Waals surface area (Å²) in [5.74, 6) is -0.607. The molecule has 0 saturated carbocycles. The van der Waals surface area contributed by atoms with Crippen LogP contribution in [0.15, 0.2) is 54.7 Å². The first-order valence-corrected chi connectivity index (χ1v) is 7.90. The summed E-state index contributed by atoms with van der Waals surface area (Å²) in [6.45, 7) is 3.60. The minimum absolute atomic E-state index is 0.159. The molecule has 1 atom stereocenters. The van der Waals surface area contributed by atoms with E-state index in [2.05, 4.69) is 4.98 Å². The summed E-state index contributed by atoms with van der Waals surface area (Å²) in [7, 11) is 0. The first-order chi connectivity index (χ1) is 11.5. The zero-order valence-electron chi connectivity index (χ0n) is 13.7. The molecule has 0 aliphatic heterocycles. The third-order valence-corrected chi connectivity index (χ3v) is 4.00. The maximum Gasteiger partial charge on any atom is 0.310 e. The standard InChI is InChI=1S/C20H19NO3/c1-13-7-9-15(10-8-13)11-19(22)24-14(2)20(23)17-12-21-18-6-4-3-5-16(17)18/h3-10,12,14,21H,11H2,1-2H3/t14-/m0/s1. The average Bonchev–Trinajstić information content (AvgIpc) is 3.00. The number of aromatic nitrogens is 1. The summed E-state index contributed by atoms with van der Waals surface area (Å²) in [4.78, 5) is 27.7. The van der Waals surface area contributed by atoms with Gasteiger partial charge in [0.15, 0.2) is 6.10 Å². The van der Waals surface area contributed by atoms with E-state index in [1.165, 1.54) is 0 Å². The van der Waals surface area contributed by atoms with Crippen molar-refractivity contribution in [2.45, 2.75) is 26.4 Å². The number of aromatic amines is 1. The number of ketones is 1. The lowest BCUT2D eigenvalue weighted by Gasteiger charge is -2.12. The van der Waals surface area contributed by atoms with E-state index in [1.807, 2.05) is 55.5 Å². The summed E-state index contributed by atoms with van der Waals surface area (Å²) in [5, 5.41) is 0.837. The Morgan fingerprint density at radius 2 is 1.79 bits per heavy atom. The van der Waals surface area contributed by atoms with E-state index >= 15 is 0 Å². The zero-order valence-corrected chi connectivity index (χ0v) is 13.7. The van der Waals surface area contributed by atoms with Crippen molar-refractivity contribution in [1.29, 1.82) is 0 Å². The van der Waals surface area contributed by atoms with Crippen LogP contribution in [0, 0.1) is 6.92 Å². The quantitative estimate of drug-likeness (QED) is 0.574. The Kier molecular flexibility index (Phi) is 4.47. The smallest absolute Gasteiger partial charge is 0.310 e. The molecule has 1 aromatic heterocycles. The molecule has 3 rings (SSSR count). The molecular formula is C20H19NO3. The van der Waals surface area contributed by atoms with Gasteiger partial charge in [-0.25, -0.2) is 0 Å². The minimum Gasteiger partial charge on any atom is -0.454 e. The van der Waals surface area contributed by atoms with Crippen LogP contribution in [0.1, 0.15) is 28.4 Å². The number of fused-ring (bicyclic) bond motifs is 1. The lowest BCUT2D eigenvalue weighted by atomic mass is 10.1. The van der Waals surface area contributed by atoms with Crippen LogP contribution >= 0.6 is 0 Å². The first-order valence-electron chi connectivity index (χ1n) is 7.90. The molecule has 24 heavy (non-hydrogen) atoms. The maximum atomic E-state index is 12.6. The fourth-order valence-electron chi connectivity index (χ4n) is 2.66. The number of rotatable bonds is 5. The van der Waals surface area contributed by atoms with Gasteiger partial charge in [0.2, 0.25) is 5.78 Å². The topological polar surface area (TPSA) is 59.2 Å². The Morgan fingerprint density at radius 3 is 2.54 bits per heavy atom. The van der Waals surface area contributed by atoms with Gasteiger partial charge in [0.1, 0.15) is 0 Å². The molecule has 0 spiro atoms. The second-order valence-corrected chi connectivity index (χ2v) is 5.91. The van der Waals surface area contributed by atoms with Crippen LogP contribution in [-0.4, -0.2) is 22.8 Å². The largest absolute Gasteiger partial charge is 0.454 e. The number of nitrogens with one attached hydrogen (secondary N) is 1. The third-order valence-electron chi connectivity index (χ3n) is 4.00. The molecule has 0 saturated heterocycles. The molecule has 0 aliphatic rings. The Balaban J connectivity index is 1.67. The van der Waals surface area contributed by atoms with Gasteiger partial charge in [0.05, 0.1) is 6.42 Å². The maximum absolute atomic E-state index is 12.6. The number of ether oxygens (including phenoxy) is 1. The number of benzene rings is 2. The van der Waals surface area contributed by atoms with Crippen LogP contribution in [0.2, 0.25) is 0 Å². The van der Waals surface area contributed by atoms with Crippen molar-refractivity contribution < 1.29 is 14.3 Å². The van der Waals surface area contributed by atoms with Crippen molar-refractivity contribution in [3.8, 4) is 0 Å². The van der Waals surface area contributed by atoms with Gasteiger partial charge in [-0.05, 0) is 25.5 Å². The summed E-state index contributed by atoms with van der Waals surface area (Å²) >= 11 is 0. The number of hydrogen-bond acceptors (Lipinski definition) is 3. The third kappa shape index (κ3) is 3.38. The molecule has 0 radical (unpaired) electrons. The van der Waals surface area contributed by atoms with E-state index in [4.69, 9.17) is 4.74 Å². The van der Waals surface area contributed by atoms with Gasteiger partial charge < -0.3 is 9.72 Å². The second kappa shape index (κ2) is 6.71. The summed E-state index contributed by atoms with van der Waals surface area (Å²) in [5.41, 5.74) is 3.44. The summed E-state index contributed by atoms with van der Waals surface area (Å²) in [6.07, 6.45) is 1.01. The van der Waals surface area contributed by atoms with Crippen LogP contribution in [0.4, 0.5) is 0 Å². The molecule has 0 unspecified atom stereocenters. The van der Waals surface area contributed by atoms with Crippen LogP contribution in [0.3, 0.4) is 0 Å². The monoisotopic (exact) mass is 321 g/mol. The van der Waals surface area contributed by atoms with Crippen molar-refractivity contribution >= 4 is 22.7 Å². The lowest BCUT2D eigenvalue weighted by molar-refractivity contribution is -0.145. The molecule has 0 aliphatic carbocycles. The van der Waals surface area contributed by atoms with Crippen molar-refractivity contribution in [2.24, 2.45) is 0 Å². The Bertz CT molecular complexity index is 877. The van der Waals surface area contributed by atoms with Gasteiger partial charge in [-0.15, -0.1) is 0 Å². The predicted molar refractivity (Wildman–Crippen MR) is 93.1 cm³/mol. The van der Waals surface area contributed by atoms with E-state index < -0.39 is 12.1 Å². The average molecular weight is 321 g/mol. The number of hydrogen-bond donors (Lipinski definition) is 1. The van der Waals surface area contributed by atoms with E-state index in [-0.39, 0.29) is 12.2 Å². The van der Waals surface area contributed by atoms with E-state index in [0.29, 0.717) is 5.56 Å². The number of carbonyl (C=O) groups is 2. The number of carbonyl (C=O) groups excluding carboxylic acids is 2. The molecule has 0 fully saturated rings. The molecule has 0 bridgehead atoms. The van der Waals surface area contributed by atoms with Crippen molar-refractivity contribution in [2.75, 3.05) is 0 Å².